The molecule has 5 rings (SSSR count). The van der Waals surface area contributed by atoms with Gasteiger partial charge in [-0.3, -0.25) is 4.40 Å². The molecule has 158 valence electrons. The fourth-order valence-electron chi connectivity index (χ4n) is 5.20. The summed E-state index contributed by atoms with van der Waals surface area (Å²) in [6, 6.07) is 0.329. The summed E-state index contributed by atoms with van der Waals surface area (Å²) in [4.78, 5) is 16.1. The molecule has 7 nitrogen and oxygen atoms in total. The van der Waals surface area contributed by atoms with Crippen LogP contribution in [0.15, 0.2) is 18.6 Å². The molecule has 3 aromatic rings. The molecule has 1 saturated heterocycles. The Morgan fingerprint density at radius 1 is 1.13 bits per heavy atom. The van der Waals surface area contributed by atoms with Crippen LogP contribution in [0, 0.1) is 12.3 Å². The lowest BCUT2D eigenvalue weighted by atomic mass is 9.74. The van der Waals surface area contributed by atoms with Gasteiger partial charge in [0, 0.05) is 48.8 Å². The van der Waals surface area contributed by atoms with E-state index in [1.54, 1.807) is 12.4 Å². The van der Waals surface area contributed by atoms with Crippen LogP contribution in [0.2, 0.25) is 10.0 Å². The third-order valence-corrected chi connectivity index (χ3v) is 7.86. The Kier molecular flexibility index (Phi) is 4.80. The topological polar surface area (TPSA) is 98.4 Å². The zero-order valence-corrected chi connectivity index (χ0v) is 18.4. The molecule has 0 radical (unpaired) electrons. The molecule has 0 unspecified atom stereocenters. The number of fused-ring (bicyclic) bond motifs is 1. The number of pyridine rings is 1. The van der Waals surface area contributed by atoms with E-state index in [1.807, 2.05) is 17.5 Å². The number of nitrogens with zero attached hydrogens (tertiary/aromatic N) is 5. The molecule has 4 N–H and O–H groups in total. The lowest BCUT2D eigenvalue weighted by molar-refractivity contribution is 0.197. The molecule has 2 aliphatic rings. The van der Waals surface area contributed by atoms with E-state index in [0.29, 0.717) is 22.0 Å². The monoisotopic (exact) mass is 445 g/mol. The fraction of sp³-hybridized carbons (Fsp3) is 0.476. The van der Waals surface area contributed by atoms with Crippen molar-refractivity contribution < 1.29 is 0 Å². The van der Waals surface area contributed by atoms with E-state index in [1.165, 1.54) is 12.8 Å². The molecule has 1 saturated carbocycles. The Hall–Kier alpha value is -2.09. The number of hydrogen-bond acceptors (Lipinski definition) is 6. The van der Waals surface area contributed by atoms with Crippen molar-refractivity contribution in [1.29, 1.82) is 0 Å². The highest BCUT2D eigenvalue weighted by molar-refractivity contribution is 6.45. The lowest BCUT2D eigenvalue weighted by Crippen LogP contribution is -2.47. The number of hydrogen-bond donors (Lipinski definition) is 2. The summed E-state index contributed by atoms with van der Waals surface area (Å²) in [5.74, 6) is 1.11. The molecule has 0 bridgehead atoms. The van der Waals surface area contributed by atoms with Crippen molar-refractivity contribution in [3.63, 3.8) is 0 Å². The second-order valence-corrected chi connectivity index (χ2v) is 9.28. The third kappa shape index (κ3) is 2.94. The van der Waals surface area contributed by atoms with Crippen molar-refractivity contribution in [2.75, 3.05) is 23.7 Å². The van der Waals surface area contributed by atoms with E-state index in [9.17, 15) is 0 Å². The maximum Gasteiger partial charge on any atom is 0.211 e. The number of nitrogens with two attached hydrogens (primary N) is 2. The Balaban J connectivity index is 1.55. The lowest BCUT2D eigenvalue weighted by Gasteiger charge is -2.42. The Bertz CT molecular complexity index is 1120. The van der Waals surface area contributed by atoms with Gasteiger partial charge in [0.15, 0.2) is 0 Å². The first-order valence-electron chi connectivity index (χ1n) is 10.4. The largest absolute Gasteiger partial charge is 0.382 e. The van der Waals surface area contributed by atoms with Crippen molar-refractivity contribution in [1.82, 2.24) is 19.4 Å². The summed E-state index contributed by atoms with van der Waals surface area (Å²) in [6.07, 6.45) is 11.2. The minimum atomic E-state index is 0.208. The Morgan fingerprint density at radius 2 is 1.90 bits per heavy atom. The molecule has 1 aliphatic carbocycles. The molecule has 9 heteroatoms. The number of halogens is 2. The van der Waals surface area contributed by atoms with Crippen molar-refractivity contribution in [3.8, 4) is 11.1 Å². The average Bonchev–Trinajstić information content (AvgIpc) is 3.35. The highest BCUT2D eigenvalue weighted by Gasteiger charge is 2.43. The van der Waals surface area contributed by atoms with Crippen LogP contribution in [0.25, 0.3) is 16.8 Å². The van der Waals surface area contributed by atoms with E-state index in [0.717, 1.165) is 55.2 Å². The van der Waals surface area contributed by atoms with Gasteiger partial charge in [0.25, 0.3) is 0 Å². The second kappa shape index (κ2) is 7.25. The number of aryl methyl sites for hydroxylation is 1. The SMILES string of the molecule is Cc1nc(N2CCC3(CCC[C@H]3N)CC2)n2ccnc2c1-c1cnc(N)c(Cl)c1Cl. The molecule has 1 spiro atoms. The van der Waals surface area contributed by atoms with Crippen LogP contribution in [0.4, 0.5) is 11.8 Å². The second-order valence-electron chi connectivity index (χ2n) is 8.53. The molecule has 1 aliphatic heterocycles. The van der Waals surface area contributed by atoms with Gasteiger partial charge in [-0.1, -0.05) is 29.6 Å². The quantitative estimate of drug-likeness (QED) is 0.616. The standard InChI is InChI=1S/C21H25Cl2N7/c1-12-15(13-11-27-18(25)17(23)16(13)22)19-26-7-10-30(19)20(28-12)29-8-5-21(6-9-29)4-2-3-14(21)24/h7,10-11,14H,2-6,8-9,24H2,1H3,(H2,25,27)/t14-/m1/s1. The van der Waals surface area contributed by atoms with Gasteiger partial charge in [-0.2, -0.15) is 0 Å². The van der Waals surface area contributed by atoms with E-state index >= 15 is 0 Å². The van der Waals surface area contributed by atoms with E-state index in [-0.39, 0.29) is 10.8 Å². The Morgan fingerprint density at radius 3 is 2.60 bits per heavy atom. The summed E-state index contributed by atoms with van der Waals surface area (Å²) >= 11 is 12.8. The molecular formula is C21H25Cl2N7. The molecule has 1 atom stereocenters. The number of imidazole rings is 1. The molecule has 3 aromatic heterocycles. The predicted molar refractivity (Wildman–Crippen MR) is 121 cm³/mol. The zero-order chi connectivity index (χ0) is 21.0. The number of anilines is 2. The van der Waals surface area contributed by atoms with E-state index in [2.05, 4.69) is 14.9 Å². The molecule has 30 heavy (non-hydrogen) atoms. The third-order valence-electron chi connectivity index (χ3n) is 6.98. The summed E-state index contributed by atoms with van der Waals surface area (Å²) in [5, 5.41) is 0.610. The van der Waals surface area contributed by atoms with Crippen LogP contribution < -0.4 is 16.4 Å². The van der Waals surface area contributed by atoms with Crippen LogP contribution in [-0.2, 0) is 0 Å². The van der Waals surface area contributed by atoms with Crippen molar-refractivity contribution in [2.45, 2.75) is 45.1 Å². The van der Waals surface area contributed by atoms with Crippen molar-refractivity contribution in [3.05, 3.63) is 34.3 Å². The van der Waals surface area contributed by atoms with Gasteiger partial charge in [0.2, 0.25) is 5.95 Å². The van der Waals surface area contributed by atoms with Gasteiger partial charge >= 0.3 is 0 Å². The highest BCUT2D eigenvalue weighted by Crippen LogP contribution is 2.46. The zero-order valence-electron chi connectivity index (χ0n) is 16.9. The van der Waals surface area contributed by atoms with E-state index in [4.69, 9.17) is 39.7 Å². The minimum absolute atomic E-state index is 0.208. The van der Waals surface area contributed by atoms with Gasteiger partial charge < -0.3 is 16.4 Å². The van der Waals surface area contributed by atoms with Crippen LogP contribution in [-0.4, -0.2) is 38.5 Å². The van der Waals surface area contributed by atoms with Gasteiger partial charge in [0.05, 0.1) is 10.7 Å². The van der Waals surface area contributed by atoms with Crippen molar-refractivity contribution in [2.24, 2.45) is 11.1 Å². The van der Waals surface area contributed by atoms with Gasteiger partial charge in [0.1, 0.15) is 16.5 Å². The average molecular weight is 446 g/mol. The van der Waals surface area contributed by atoms with Gasteiger partial charge in [-0.15, -0.1) is 0 Å². The highest BCUT2D eigenvalue weighted by atomic mass is 35.5. The number of nitrogen functional groups attached to an aromatic ring is 1. The molecule has 4 heterocycles. The molecule has 0 aromatic carbocycles. The first-order valence-corrected chi connectivity index (χ1v) is 11.1. The smallest absolute Gasteiger partial charge is 0.211 e. The van der Waals surface area contributed by atoms with Crippen LogP contribution >= 0.6 is 23.2 Å². The van der Waals surface area contributed by atoms with Crippen molar-refractivity contribution >= 4 is 40.6 Å². The summed E-state index contributed by atoms with van der Waals surface area (Å²) in [6.45, 7) is 3.86. The van der Waals surface area contributed by atoms with Crippen LogP contribution in [0.3, 0.4) is 0 Å². The number of aromatic nitrogens is 4. The molecule has 0 amide bonds. The first-order chi connectivity index (χ1) is 14.4. The van der Waals surface area contributed by atoms with Crippen LogP contribution in [0.1, 0.15) is 37.8 Å². The number of rotatable bonds is 2. The number of piperidine rings is 1. The normalized spacial score (nSPS) is 21.1. The fourth-order valence-corrected chi connectivity index (χ4v) is 5.59. The first kappa shape index (κ1) is 19.8. The molecule has 2 fully saturated rings. The maximum atomic E-state index is 6.50. The predicted octanol–water partition coefficient (Wildman–Crippen LogP) is 4.09. The summed E-state index contributed by atoms with van der Waals surface area (Å²) < 4.78 is 2.02. The van der Waals surface area contributed by atoms with Gasteiger partial charge in [-0.05, 0) is 38.0 Å². The Labute approximate surface area is 185 Å². The van der Waals surface area contributed by atoms with Crippen LogP contribution in [0.5, 0.6) is 0 Å². The minimum Gasteiger partial charge on any atom is -0.382 e. The summed E-state index contributed by atoms with van der Waals surface area (Å²) in [5.41, 5.74) is 15.7. The van der Waals surface area contributed by atoms with Gasteiger partial charge in [-0.25, -0.2) is 15.0 Å². The van der Waals surface area contributed by atoms with E-state index < -0.39 is 0 Å². The molecular weight excluding hydrogens is 421 g/mol. The maximum absolute atomic E-state index is 6.50. The summed E-state index contributed by atoms with van der Waals surface area (Å²) in [7, 11) is 0.